The van der Waals surface area contributed by atoms with E-state index in [1.54, 1.807) is 9.36 Å². The van der Waals surface area contributed by atoms with E-state index in [0.717, 1.165) is 41.0 Å². The van der Waals surface area contributed by atoms with Gasteiger partial charge in [-0.05, 0) is 50.8 Å². The zero-order valence-corrected chi connectivity index (χ0v) is 19.2. The molecule has 1 saturated carbocycles. The number of hydrogen-bond acceptors (Lipinski definition) is 6. The van der Waals surface area contributed by atoms with Crippen molar-refractivity contribution in [3.8, 4) is 11.8 Å². The molecule has 1 aliphatic rings. The molecule has 3 aromatic heterocycles. The molecule has 4 aromatic rings. The third-order valence-corrected chi connectivity index (χ3v) is 6.21. The van der Waals surface area contributed by atoms with Crippen LogP contribution in [-0.2, 0) is 13.5 Å². The molecule has 0 spiro atoms. The molecule has 1 fully saturated rings. The number of amides is 1. The number of nitrogens with two attached hydrogens (primary N) is 1. The third-order valence-electron chi connectivity index (χ3n) is 6.21. The Bertz CT molecular complexity index is 1420. The lowest BCUT2D eigenvalue weighted by atomic mass is 10.1. The van der Waals surface area contributed by atoms with Crippen molar-refractivity contribution < 1.29 is 4.79 Å². The molecule has 34 heavy (non-hydrogen) atoms. The molecule has 0 aliphatic heterocycles. The number of nitriles is 1. The van der Waals surface area contributed by atoms with Crippen LogP contribution >= 0.6 is 0 Å². The minimum Gasteiger partial charge on any atom is -0.382 e. The number of anilines is 1. The van der Waals surface area contributed by atoms with Crippen molar-refractivity contribution in [1.82, 2.24) is 29.9 Å². The van der Waals surface area contributed by atoms with Crippen molar-refractivity contribution in [2.24, 2.45) is 7.05 Å². The highest BCUT2D eigenvalue weighted by Crippen LogP contribution is 2.40. The summed E-state index contributed by atoms with van der Waals surface area (Å²) in [5.41, 5.74) is 11.1. The van der Waals surface area contributed by atoms with Crippen LogP contribution in [0.4, 0.5) is 5.82 Å². The lowest BCUT2D eigenvalue weighted by molar-refractivity contribution is 0.0954. The quantitative estimate of drug-likeness (QED) is 0.413. The van der Waals surface area contributed by atoms with E-state index in [9.17, 15) is 10.1 Å². The fourth-order valence-corrected chi connectivity index (χ4v) is 4.33. The fraction of sp³-hybridized carbons (Fsp3) is 0.320. The molecule has 0 unspecified atom stereocenters. The van der Waals surface area contributed by atoms with Crippen molar-refractivity contribution >= 4 is 22.8 Å². The summed E-state index contributed by atoms with van der Waals surface area (Å²) < 4.78 is 3.33. The zero-order chi connectivity index (χ0) is 23.8. The van der Waals surface area contributed by atoms with Gasteiger partial charge in [-0.25, -0.2) is 9.67 Å². The van der Waals surface area contributed by atoms with E-state index in [1.807, 2.05) is 50.4 Å². The van der Waals surface area contributed by atoms with E-state index in [2.05, 4.69) is 21.6 Å². The van der Waals surface area contributed by atoms with Gasteiger partial charge in [0.25, 0.3) is 5.91 Å². The summed E-state index contributed by atoms with van der Waals surface area (Å²) in [6.45, 7) is 2.35. The van der Waals surface area contributed by atoms with E-state index in [0.29, 0.717) is 47.9 Å². The van der Waals surface area contributed by atoms with E-state index >= 15 is 0 Å². The van der Waals surface area contributed by atoms with Crippen LogP contribution in [0.5, 0.6) is 0 Å². The predicted octanol–water partition coefficient (Wildman–Crippen LogP) is 3.16. The molecule has 3 heterocycles. The number of nitrogen functional groups attached to an aromatic ring is 1. The molecule has 172 valence electrons. The van der Waals surface area contributed by atoms with Gasteiger partial charge in [-0.3, -0.25) is 9.48 Å². The Morgan fingerprint density at radius 2 is 2.03 bits per heavy atom. The zero-order valence-electron chi connectivity index (χ0n) is 19.2. The fourth-order valence-electron chi connectivity index (χ4n) is 4.33. The summed E-state index contributed by atoms with van der Waals surface area (Å²) in [5.74, 6) is 0.618. The van der Waals surface area contributed by atoms with Crippen LogP contribution in [0.25, 0.3) is 16.7 Å². The second-order valence-corrected chi connectivity index (χ2v) is 8.70. The van der Waals surface area contributed by atoms with Crippen LogP contribution in [0.1, 0.15) is 58.2 Å². The first-order valence-corrected chi connectivity index (χ1v) is 11.4. The SMILES string of the molecule is Cc1nn(C)c2nc(C3CC3)cc(C(=O)NCCCc3nn(-c4ccccc4)c(N)c3C#N)c12. The molecule has 1 aliphatic carbocycles. The normalized spacial score (nSPS) is 13.2. The highest BCUT2D eigenvalue weighted by atomic mass is 16.1. The van der Waals surface area contributed by atoms with Crippen LogP contribution in [0.15, 0.2) is 36.4 Å². The molecule has 1 amide bonds. The Labute approximate surface area is 197 Å². The Kier molecular flexibility index (Phi) is 5.49. The molecule has 1 aromatic carbocycles. The van der Waals surface area contributed by atoms with Gasteiger partial charge in [0.15, 0.2) is 5.65 Å². The number of fused-ring (bicyclic) bond motifs is 1. The predicted molar refractivity (Wildman–Crippen MR) is 129 cm³/mol. The number of carbonyl (C=O) groups is 1. The maximum atomic E-state index is 13.1. The molecular formula is C25H26N8O. The molecule has 0 saturated heterocycles. The van der Waals surface area contributed by atoms with Crippen molar-refractivity contribution in [2.45, 2.75) is 38.5 Å². The van der Waals surface area contributed by atoms with Crippen LogP contribution < -0.4 is 11.1 Å². The number of aryl methyl sites for hydroxylation is 3. The second-order valence-electron chi connectivity index (χ2n) is 8.70. The van der Waals surface area contributed by atoms with Gasteiger partial charge < -0.3 is 11.1 Å². The standard InChI is InChI=1S/C25H26N8O/c1-15-22-18(13-21(16-10-11-16)29-24(22)32(2)30-15)25(34)28-12-6-9-20-19(14-26)23(27)33(31-20)17-7-4-3-5-8-17/h3-5,7-8,13,16H,6,9-12,27H2,1-2H3,(H,28,34). The monoisotopic (exact) mass is 454 g/mol. The summed E-state index contributed by atoms with van der Waals surface area (Å²) in [6, 6.07) is 13.6. The number of rotatable bonds is 7. The van der Waals surface area contributed by atoms with Crippen molar-refractivity contribution in [2.75, 3.05) is 12.3 Å². The summed E-state index contributed by atoms with van der Waals surface area (Å²) >= 11 is 0. The van der Waals surface area contributed by atoms with Gasteiger partial charge in [0.05, 0.1) is 28.0 Å². The third kappa shape index (κ3) is 3.88. The van der Waals surface area contributed by atoms with E-state index in [1.165, 1.54) is 0 Å². The minimum atomic E-state index is -0.139. The highest BCUT2D eigenvalue weighted by Gasteiger charge is 2.28. The molecule has 5 rings (SSSR count). The first kappa shape index (κ1) is 21.6. The number of para-hydroxylation sites is 1. The lowest BCUT2D eigenvalue weighted by Crippen LogP contribution is -2.25. The van der Waals surface area contributed by atoms with Crippen LogP contribution in [0.3, 0.4) is 0 Å². The molecule has 9 nitrogen and oxygen atoms in total. The molecule has 3 N–H and O–H groups in total. The highest BCUT2D eigenvalue weighted by molar-refractivity contribution is 6.06. The van der Waals surface area contributed by atoms with Crippen LogP contribution in [0.2, 0.25) is 0 Å². The molecular weight excluding hydrogens is 428 g/mol. The van der Waals surface area contributed by atoms with Crippen molar-refractivity contribution in [3.63, 3.8) is 0 Å². The summed E-state index contributed by atoms with van der Waals surface area (Å²) in [4.78, 5) is 17.9. The number of nitrogens with one attached hydrogen (secondary N) is 1. The van der Waals surface area contributed by atoms with Gasteiger partial charge in [0, 0.05) is 25.2 Å². The van der Waals surface area contributed by atoms with Gasteiger partial charge in [0.1, 0.15) is 17.5 Å². The first-order valence-electron chi connectivity index (χ1n) is 11.4. The Hall–Kier alpha value is -4.19. The largest absolute Gasteiger partial charge is 0.382 e. The van der Waals surface area contributed by atoms with Crippen molar-refractivity contribution in [3.05, 3.63) is 64.6 Å². The summed E-state index contributed by atoms with van der Waals surface area (Å²) in [7, 11) is 1.85. The number of nitrogens with zero attached hydrogens (tertiary/aromatic N) is 6. The number of carbonyl (C=O) groups excluding carboxylic acids is 1. The number of aromatic nitrogens is 5. The Morgan fingerprint density at radius 3 is 2.74 bits per heavy atom. The maximum Gasteiger partial charge on any atom is 0.252 e. The molecule has 0 radical (unpaired) electrons. The minimum absolute atomic E-state index is 0.139. The molecule has 0 atom stereocenters. The molecule has 9 heteroatoms. The smallest absolute Gasteiger partial charge is 0.252 e. The topological polar surface area (TPSA) is 127 Å². The summed E-state index contributed by atoms with van der Waals surface area (Å²) in [6.07, 6.45) is 3.37. The summed E-state index contributed by atoms with van der Waals surface area (Å²) in [5, 5.41) is 22.4. The van der Waals surface area contributed by atoms with Crippen LogP contribution in [0, 0.1) is 18.3 Å². The number of hydrogen-bond donors (Lipinski definition) is 2. The van der Waals surface area contributed by atoms with Gasteiger partial charge >= 0.3 is 0 Å². The average Bonchev–Trinajstić information content (AvgIpc) is 3.59. The van der Waals surface area contributed by atoms with E-state index in [4.69, 9.17) is 10.7 Å². The molecule has 0 bridgehead atoms. The number of benzene rings is 1. The van der Waals surface area contributed by atoms with Crippen molar-refractivity contribution in [1.29, 1.82) is 5.26 Å². The lowest BCUT2D eigenvalue weighted by Gasteiger charge is -2.09. The van der Waals surface area contributed by atoms with Gasteiger partial charge in [-0.1, -0.05) is 18.2 Å². The van der Waals surface area contributed by atoms with Gasteiger partial charge in [-0.2, -0.15) is 15.5 Å². The first-order chi connectivity index (χ1) is 16.5. The van der Waals surface area contributed by atoms with Crippen LogP contribution in [-0.4, -0.2) is 37.0 Å². The Morgan fingerprint density at radius 1 is 1.26 bits per heavy atom. The van der Waals surface area contributed by atoms with Gasteiger partial charge in [0.2, 0.25) is 0 Å². The van der Waals surface area contributed by atoms with E-state index < -0.39 is 0 Å². The second kappa shape index (κ2) is 8.63. The van der Waals surface area contributed by atoms with Gasteiger partial charge in [-0.15, -0.1) is 0 Å². The van der Waals surface area contributed by atoms with E-state index in [-0.39, 0.29) is 5.91 Å². The Balaban J connectivity index is 1.30. The average molecular weight is 455 g/mol. The number of pyridine rings is 1. The maximum absolute atomic E-state index is 13.1.